The second kappa shape index (κ2) is 54.2. The predicted octanol–water partition coefficient (Wildman–Crippen LogP) is 17.9. The first-order valence-electron chi connectivity index (χ1n) is 26.7. The standard InChI is InChI=1S/C61H96O6/c1-4-7-10-13-16-19-22-25-28-30-33-35-38-41-44-47-50-53-59(62)65-56-58(67-61(64)55-52-49-46-43-40-37-32-27-24-21-18-15-12-9-6-3)57-66-60(63)54-51-48-45-42-39-36-34-31-29-26-23-20-17-14-11-8-5-2/h7,9-10,12,16-21,25-29,32-36,40,43,58H,4-6,8,11,13-15,22-24,30-31,37-39,41-42,44-57H2,1-3H3/b10-7-,12-9-,19-16-,20-17-,21-18-,28-25-,29-26-,32-27-,35-33-,36-34-,43-40-/t58-/m1/s1. The summed E-state index contributed by atoms with van der Waals surface area (Å²) in [7, 11) is 0. The zero-order chi connectivity index (χ0) is 48.6. The Morgan fingerprint density at radius 3 is 0.925 bits per heavy atom. The molecule has 0 aromatic heterocycles. The molecule has 0 saturated carbocycles. The molecule has 0 aliphatic carbocycles. The first kappa shape index (κ1) is 62.5. The van der Waals surface area contributed by atoms with Gasteiger partial charge in [-0.15, -0.1) is 0 Å². The van der Waals surface area contributed by atoms with Crippen molar-refractivity contribution in [3.8, 4) is 0 Å². The number of carbonyl (C=O) groups is 3. The topological polar surface area (TPSA) is 78.9 Å². The van der Waals surface area contributed by atoms with Gasteiger partial charge in [0.15, 0.2) is 6.10 Å². The number of ether oxygens (including phenoxy) is 3. The lowest BCUT2D eigenvalue weighted by Gasteiger charge is -2.18. The first-order chi connectivity index (χ1) is 33.0. The maximum atomic E-state index is 12.8. The minimum Gasteiger partial charge on any atom is -0.462 e. The van der Waals surface area contributed by atoms with Crippen LogP contribution in [0, 0.1) is 0 Å². The van der Waals surface area contributed by atoms with Gasteiger partial charge in [0.05, 0.1) is 0 Å². The molecule has 6 nitrogen and oxygen atoms in total. The lowest BCUT2D eigenvalue weighted by Crippen LogP contribution is -2.30. The maximum absolute atomic E-state index is 12.8. The average Bonchev–Trinajstić information content (AvgIpc) is 3.33. The highest BCUT2D eigenvalue weighted by atomic mass is 16.6. The summed E-state index contributed by atoms with van der Waals surface area (Å²) in [5, 5.41) is 0. The van der Waals surface area contributed by atoms with Gasteiger partial charge >= 0.3 is 17.9 Å². The summed E-state index contributed by atoms with van der Waals surface area (Å²) in [6.07, 6.45) is 75.8. The highest BCUT2D eigenvalue weighted by molar-refractivity contribution is 5.71. The monoisotopic (exact) mass is 925 g/mol. The molecule has 1 atom stereocenters. The second-order valence-electron chi connectivity index (χ2n) is 17.0. The smallest absolute Gasteiger partial charge is 0.306 e. The summed E-state index contributed by atoms with van der Waals surface area (Å²) in [5.41, 5.74) is 0. The van der Waals surface area contributed by atoms with E-state index in [-0.39, 0.29) is 37.5 Å². The van der Waals surface area contributed by atoms with Crippen molar-refractivity contribution in [2.75, 3.05) is 13.2 Å². The summed E-state index contributed by atoms with van der Waals surface area (Å²) in [6.45, 7) is 6.29. The molecule has 376 valence electrons. The molecule has 0 N–H and O–H groups in total. The molecule has 0 amide bonds. The number of unbranched alkanes of at least 4 members (excludes halogenated alkanes) is 13. The fourth-order valence-electron chi connectivity index (χ4n) is 6.66. The van der Waals surface area contributed by atoms with Crippen LogP contribution in [0.4, 0.5) is 0 Å². The van der Waals surface area contributed by atoms with E-state index in [1.54, 1.807) is 0 Å². The third kappa shape index (κ3) is 52.4. The van der Waals surface area contributed by atoms with Crippen LogP contribution in [0.3, 0.4) is 0 Å². The van der Waals surface area contributed by atoms with E-state index in [0.29, 0.717) is 19.3 Å². The van der Waals surface area contributed by atoms with Crippen LogP contribution in [0.25, 0.3) is 0 Å². The van der Waals surface area contributed by atoms with Gasteiger partial charge in [-0.25, -0.2) is 0 Å². The van der Waals surface area contributed by atoms with Crippen LogP contribution in [-0.2, 0) is 28.6 Å². The van der Waals surface area contributed by atoms with Gasteiger partial charge < -0.3 is 14.2 Å². The highest BCUT2D eigenvalue weighted by Gasteiger charge is 2.19. The van der Waals surface area contributed by atoms with Crippen molar-refractivity contribution in [1.82, 2.24) is 0 Å². The van der Waals surface area contributed by atoms with Crippen molar-refractivity contribution in [3.05, 3.63) is 134 Å². The Morgan fingerprint density at radius 1 is 0.313 bits per heavy atom. The second-order valence-corrected chi connectivity index (χ2v) is 17.0. The minimum atomic E-state index is -0.825. The maximum Gasteiger partial charge on any atom is 0.306 e. The molecule has 0 radical (unpaired) electrons. The third-order valence-corrected chi connectivity index (χ3v) is 10.6. The van der Waals surface area contributed by atoms with Gasteiger partial charge in [-0.2, -0.15) is 0 Å². The molecule has 6 heteroatoms. The van der Waals surface area contributed by atoms with Gasteiger partial charge in [-0.05, 0) is 135 Å². The van der Waals surface area contributed by atoms with Crippen LogP contribution in [0.15, 0.2) is 134 Å². The van der Waals surface area contributed by atoms with E-state index in [1.807, 2.05) is 0 Å². The van der Waals surface area contributed by atoms with Crippen molar-refractivity contribution < 1.29 is 28.6 Å². The Labute approximate surface area is 411 Å². The van der Waals surface area contributed by atoms with Crippen molar-refractivity contribution in [3.63, 3.8) is 0 Å². The Balaban J connectivity index is 4.56. The molecule has 0 aliphatic rings. The normalized spacial score (nSPS) is 13.2. The molecule has 0 spiro atoms. The molecular weight excluding hydrogens is 829 g/mol. The Hall–Kier alpha value is -4.45. The van der Waals surface area contributed by atoms with Crippen LogP contribution in [0.2, 0.25) is 0 Å². The molecule has 0 bridgehead atoms. The third-order valence-electron chi connectivity index (χ3n) is 10.6. The Kier molecular flexibility index (Phi) is 50.6. The van der Waals surface area contributed by atoms with Gasteiger partial charge in [-0.1, -0.05) is 193 Å². The molecular formula is C61H96O6. The minimum absolute atomic E-state index is 0.119. The van der Waals surface area contributed by atoms with Gasteiger partial charge in [0, 0.05) is 19.3 Å². The van der Waals surface area contributed by atoms with Crippen molar-refractivity contribution in [1.29, 1.82) is 0 Å². The van der Waals surface area contributed by atoms with Crippen LogP contribution in [-0.4, -0.2) is 37.2 Å². The fourth-order valence-corrected chi connectivity index (χ4v) is 6.66. The van der Waals surface area contributed by atoms with Gasteiger partial charge in [-0.3, -0.25) is 14.4 Å². The molecule has 0 fully saturated rings. The largest absolute Gasteiger partial charge is 0.462 e. The lowest BCUT2D eigenvalue weighted by molar-refractivity contribution is -0.167. The van der Waals surface area contributed by atoms with Crippen LogP contribution in [0.1, 0.15) is 213 Å². The molecule has 0 aromatic rings. The molecule has 0 rings (SSSR count). The van der Waals surface area contributed by atoms with E-state index in [2.05, 4.69) is 154 Å². The summed E-state index contributed by atoms with van der Waals surface area (Å²) in [5.74, 6) is -1.01. The van der Waals surface area contributed by atoms with E-state index in [0.717, 1.165) is 141 Å². The predicted molar refractivity (Wildman–Crippen MR) is 288 cm³/mol. The summed E-state index contributed by atoms with van der Waals surface area (Å²) in [4.78, 5) is 38.1. The van der Waals surface area contributed by atoms with Crippen LogP contribution < -0.4 is 0 Å². The van der Waals surface area contributed by atoms with Gasteiger partial charge in [0.2, 0.25) is 0 Å². The van der Waals surface area contributed by atoms with Crippen LogP contribution in [0.5, 0.6) is 0 Å². The summed E-state index contributed by atoms with van der Waals surface area (Å²) < 4.78 is 16.7. The van der Waals surface area contributed by atoms with Crippen LogP contribution >= 0.6 is 0 Å². The van der Waals surface area contributed by atoms with Crippen molar-refractivity contribution >= 4 is 17.9 Å². The average molecular weight is 925 g/mol. The van der Waals surface area contributed by atoms with E-state index in [9.17, 15) is 14.4 Å². The zero-order valence-electron chi connectivity index (χ0n) is 42.9. The molecule has 0 unspecified atom stereocenters. The van der Waals surface area contributed by atoms with E-state index >= 15 is 0 Å². The molecule has 0 heterocycles. The SMILES string of the molecule is CC/C=C\C/C=C\C/C=C\C/C=C\CCCCCCC(=O)OC[C@H](COC(=O)CCCCCC/C=C\C/C=C\C/C=C\CCCCC)OC(=O)CCCC/C=C\C/C=C\C/C=C\C/C=C\CC. The molecule has 67 heavy (non-hydrogen) atoms. The molecule has 0 aromatic carbocycles. The van der Waals surface area contributed by atoms with Crippen molar-refractivity contribution in [2.24, 2.45) is 0 Å². The van der Waals surface area contributed by atoms with E-state index in [1.165, 1.54) is 25.7 Å². The first-order valence-corrected chi connectivity index (χ1v) is 26.7. The fraction of sp³-hybridized carbons (Fsp3) is 0.590. The van der Waals surface area contributed by atoms with E-state index in [4.69, 9.17) is 14.2 Å². The number of esters is 3. The molecule has 0 saturated heterocycles. The number of carbonyl (C=O) groups excluding carboxylic acids is 3. The lowest BCUT2D eigenvalue weighted by atomic mass is 10.1. The quantitative estimate of drug-likeness (QED) is 0.0262. The number of hydrogen-bond donors (Lipinski definition) is 0. The number of rotatable bonds is 46. The summed E-state index contributed by atoms with van der Waals surface area (Å²) in [6, 6.07) is 0. The summed E-state index contributed by atoms with van der Waals surface area (Å²) >= 11 is 0. The number of allylic oxidation sites excluding steroid dienone is 22. The zero-order valence-corrected chi connectivity index (χ0v) is 42.9. The number of hydrogen-bond acceptors (Lipinski definition) is 6. The van der Waals surface area contributed by atoms with E-state index < -0.39 is 6.10 Å². The molecule has 0 aliphatic heterocycles. The Morgan fingerprint density at radius 2 is 0.582 bits per heavy atom. The van der Waals surface area contributed by atoms with Crippen molar-refractivity contribution in [2.45, 2.75) is 219 Å². The van der Waals surface area contributed by atoms with Gasteiger partial charge in [0.25, 0.3) is 0 Å². The highest BCUT2D eigenvalue weighted by Crippen LogP contribution is 2.12. The Bertz CT molecular complexity index is 1480. The van der Waals surface area contributed by atoms with Gasteiger partial charge in [0.1, 0.15) is 13.2 Å².